The van der Waals surface area contributed by atoms with Crippen molar-refractivity contribution >= 4 is 48.5 Å². The molecule has 3 aromatic heterocycles. The molecule has 7 aromatic rings. The van der Waals surface area contributed by atoms with Gasteiger partial charge in [0.15, 0.2) is 5.82 Å². The lowest BCUT2D eigenvalue weighted by molar-refractivity contribution is 0.269. The van der Waals surface area contributed by atoms with Gasteiger partial charge in [-0.2, -0.15) is 9.97 Å². The molecule has 0 N–H and O–H groups in total. The van der Waals surface area contributed by atoms with Crippen molar-refractivity contribution in [3.63, 3.8) is 0 Å². The van der Waals surface area contributed by atoms with Gasteiger partial charge in [-0.25, -0.2) is 9.20 Å². The van der Waals surface area contributed by atoms with Crippen LogP contribution in [0.4, 0.5) is 0 Å². The molecule has 6 nitrogen and oxygen atoms in total. The third-order valence-electron chi connectivity index (χ3n) is 7.88. The smallest absolute Gasteiger partial charge is 0.356 e. The topological polar surface area (TPSA) is 69.6 Å². The van der Waals surface area contributed by atoms with Crippen molar-refractivity contribution in [2.24, 2.45) is 0 Å². The van der Waals surface area contributed by atoms with Crippen molar-refractivity contribution in [3.05, 3.63) is 119 Å². The van der Waals surface area contributed by atoms with Crippen molar-refractivity contribution in [1.82, 2.24) is 14.4 Å². The van der Waals surface area contributed by atoms with E-state index < -0.39 is 0 Å². The molecule has 1 aliphatic carbocycles. The van der Waals surface area contributed by atoms with Gasteiger partial charge in [0.1, 0.15) is 23.0 Å². The number of hydrogen-bond donors (Lipinski definition) is 0. The molecular formula is C33H19N3O3S. The third kappa shape index (κ3) is 3.06. The Kier molecular flexibility index (Phi) is 4.38. The second-order valence-corrected chi connectivity index (χ2v) is 11.1. The Labute approximate surface area is 231 Å². The van der Waals surface area contributed by atoms with Gasteiger partial charge in [0.2, 0.25) is 4.96 Å². The van der Waals surface area contributed by atoms with Crippen molar-refractivity contribution in [1.29, 1.82) is 0 Å². The molecule has 2 atom stereocenters. The van der Waals surface area contributed by atoms with Gasteiger partial charge in [-0.1, -0.05) is 72.0 Å². The van der Waals surface area contributed by atoms with Crippen LogP contribution >= 0.6 is 11.3 Å². The zero-order valence-electron chi connectivity index (χ0n) is 20.9. The van der Waals surface area contributed by atoms with Crippen LogP contribution in [0.1, 0.15) is 11.5 Å². The van der Waals surface area contributed by atoms with E-state index in [9.17, 15) is 4.79 Å². The largest absolute Gasteiger partial charge is 0.485 e. The van der Waals surface area contributed by atoms with Gasteiger partial charge in [0, 0.05) is 27.8 Å². The molecule has 0 fully saturated rings. The third-order valence-corrected chi connectivity index (χ3v) is 8.90. The fraction of sp³-hybridized carbons (Fsp3) is 0.0606. The number of ether oxygens (including phenoxy) is 1. The fourth-order valence-corrected chi connectivity index (χ4v) is 7.04. The van der Waals surface area contributed by atoms with Gasteiger partial charge in [-0.3, -0.25) is 0 Å². The molecule has 1 aliphatic heterocycles. The quantitative estimate of drug-likeness (QED) is 0.228. The average Bonchev–Trinajstić information content (AvgIpc) is 3.67. The molecule has 0 spiro atoms. The maximum atomic E-state index is 13.4. The number of nitrogens with zero attached hydrogens (tertiary/aromatic N) is 3. The molecule has 0 saturated heterocycles. The molecule has 4 aromatic carbocycles. The van der Waals surface area contributed by atoms with Crippen LogP contribution in [-0.4, -0.2) is 20.5 Å². The number of hydrogen-bond acceptors (Lipinski definition) is 6. The van der Waals surface area contributed by atoms with Gasteiger partial charge in [0.25, 0.3) is 0 Å². The fourth-order valence-electron chi connectivity index (χ4n) is 6.05. The summed E-state index contributed by atoms with van der Waals surface area (Å²) < 4.78 is 14.8. The maximum Gasteiger partial charge on any atom is 0.356 e. The second kappa shape index (κ2) is 8.00. The Hall–Kier alpha value is -5.01. The minimum Gasteiger partial charge on any atom is -0.485 e. The molecule has 190 valence electrons. The number of furan rings is 1. The van der Waals surface area contributed by atoms with E-state index in [0.717, 1.165) is 54.6 Å². The Bertz CT molecular complexity index is 2310. The van der Waals surface area contributed by atoms with Crippen molar-refractivity contribution in [2.75, 3.05) is 0 Å². The lowest BCUT2D eigenvalue weighted by Crippen LogP contribution is -2.17. The minimum absolute atomic E-state index is 0.0140. The predicted octanol–water partition coefficient (Wildman–Crippen LogP) is 7.51. The average molecular weight is 538 g/mol. The Morgan fingerprint density at radius 2 is 1.68 bits per heavy atom. The summed E-state index contributed by atoms with van der Waals surface area (Å²) in [7, 11) is 0. The number of allylic oxidation sites excluding steroid dienone is 2. The summed E-state index contributed by atoms with van der Waals surface area (Å²) in [4.78, 5) is 23.2. The summed E-state index contributed by atoms with van der Waals surface area (Å²) in [6.07, 6.45) is 8.42. The zero-order chi connectivity index (χ0) is 26.4. The molecule has 40 heavy (non-hydrogen) atoms. The molecule has 0 amide bonds. The lowest BCUT2D eigenvalue weighted by atomic mass is 9.86. The molecule has 2 aliphatic rings. The van der Waals surface area contributed by atoms with E-state index in [4.69, 9.17) is 14.1 Å². The summed E-state index contributed by atoms with van der Waals surface area (Å²) in [5.41, 5.74) is 6.08. The van der Waals surface area contributed by atoms with Crippen molar-refractivity contribution < 1.29 is 9.15 Å². The standard InChI is InChI=1S/C33H19N3O3S/c37-32-34-31(19-12-14-22-21-6-1-3-9-25(21)39-28(22)17-19)35-33-36(32)24-16-18(13-15-29(24)40-33)20-8-5-11-27-30(20)23-7-2-4-10-26(23)38-27/h1-17,23,26H. The van der Waals surface area contributed by atoms with E-state index in [1.165, 1.54) is 16.9 Å². The van der Waals surface area contributed by atoms with Crippen LogP contribution < -0.4 is 10.4 Å². The highest BCUT2D eigenvalue weighted by Gasteiger charge is 2.34. The molecule has 2 unspecified atom stereocenters. The van der Waals surface area contributed by atoms with Gasteiger partial charge >= 0.3 is 5.69 Å². The van der Waals surface area contributed by atoms with E-state index in [1.54, 1.807) is 4.40 Å². The summed E-state index contributed by atoms with van der Waals surface area (Å²) in [6.45, 7) is 0. The van der Waals surface area contributed by atoms with Crippen LogP contribution in [0.2, 0.25) is 0 Å². The summed E-state index contributed by atoms with van der Waals surface area (Å²) in [6, 6.07) is 26.2. The molecule has 4 heterocycles. The first-order chi connectivity index (χ1) is 19.7. The van der Waals surface area contributed by atoms with Crippen LogP contribution in [-0.2, 0) is 0 Å². The van der Waals surface area contributed by atoms with E-state index >= 15 is 0 Å². The first kappa shape index (κ1) is 21.9. The zero-order valence-corrected chi connectivity index (χ0v) is 21.8. The lowest BCUT2D eigenvalue weighted by Gasteiger charge is -2.16. The summed E-state index contributed by atoms with van der Waals surface area (Å²) in [5.74, 6) is 1.47. The van der Waals surface area contributed by atoms with Crippen molar-refractivity contribution in [2.45, 2.75) is 12.0 Å². The van der Waals surface area contributed by atoms with Crippen LogP contribution in [0.5, 0.6) is 5.75 Å². The first-order valence-electron chi connectivity index (χ1n) is 13.1. The monoisotopic (exact) mass is 537 g/mol. The van der Waals surface area contributed by atoms with Gasteiger partial charge in [-0.05, 0) is 53.6 Å². The number of fused-ring (bicyclic) bond motifs is 9. The molecule has 9 rings (SSSR count). The SMILES string of the molecule is O=c1nc(-c2ccc3c(c2)oc2ccccc23)nc2sc3ccc(-c4cccc5c4C4C=CC=CC4O5)cc3n12. The van der Waals surface area contributed by atoms with Crippen LogP contribution in [0, 0.1) is 0 Å². The van der Waals surface area contributed by atoms with E-state index in [1.807, 2.05) is 60.7 Å². The van der Waals surface area contributed by atoms with E-state index in [0.29, 0.717) is 10.8 Å². The second-order valence-electron chi connectivity index (χ2n) is 10.1. The van der Waals surface area contributed by atoms with E-state index in [2.05, 4.69) is 47.5 Å². The first-order valence-corrected chi connectivity index (χ1v) is 13.9. The van der Waals surface area contributed by atoms with Crippen LogP contribution in [0.15, 0.2) is 112 Å². The van der Waals surface area contributed by atoms with Crippen molar-refractivity contribution in [3.8, 4) is 28.3 Å². The number of aromatic nitrogens is 3. The number of benzene rings is 4. The molecule has 0 radical (unpaired) electrons. The molecule has 0 bridgehead atoms. The van der Waals surface area contributed by atoms with Gasteiger partial charge in [0.05, 0.1) is 10.2 Å². The highest BCUT2D eigenvalue weighted by atomic mass is 32.1. The number of rotatable bonds is 2. The minimum atomic E-state index is -0.352. The van der Waals surface area contributed by atoms with Crippen LogP contribution in [0.25, 0.3) is 59.6 Å². The highest BCUT2D eigenvalue weighted by molar-refractivity contribution is 7.23. The summed E-state index contributed by atoms with van der Waals surface area (Å²) in [5, 5.41) is 2.08. The normalized spacial score (nSPS) is 17.6. The highest BCUT2D eigenvalue weighted by Crippen LogP contribution is 2.46. The number of para-hydroxylation sites is 1. The maximum absolute atomic E-state index is 13.4. The van der Waals surface area contributed by atoms with Gasteiger partial charge in [-0.15, -0.1) is 0 Å². The Morgan fingerprint density at radius 3 is 2.65 bits per heavy atom. The predicted molar refractivity (Wildman–Crippen MR) is 158 cm³/mol. The molecule has 0 saturated carbocycles. The Morgan fingerprint density at radius 1 is 0.800 bits per heavy atom. The Balaban J connectivity index is 1.18. The van der Waals surface area contributed by atoms with Gasteiger partial charge < -0.3 is 9.15 Å². The van der Waals surface area contributed by atoms with Crippen LogP contribution in [0.3, 0.4) is 0 Å². The summed E-state index contributed by atoms with van der Waals surface area (Å²) >= 11 is 1.48. The van der Waals surface area contributed by atoms with E-state index in [-0.39, 0.29) is 17.7 Å². The number of thiazole rings is 1. The molecule has 7 heteroatoms. The molecular weight excluding hydrogens is 518 g/mol.